The van der Waals surface area contributed by atoms with Crippen LogP contribution < -0.4 is 5.49 Å². The molecule has 1 aromatic rings. The highest BCUT2D eigenvalue weighted by atomic mass is 16.2. The molecule has 1 aliphatic heterocycles. The zero-order valence-corrected chi connectivity index (χ0v) is 12.9. The number of rotatable bonds is 3. The van der Waals surface area contributed by atoms with Crippen LogP contribution in [0.25, 0.3) is 0 Å². The average molecular weight is 301 g/mol. The van der Waals surface area contributed by atoms with Gasteiger partial charge in [-0.15, -0.1) is 0 Å². The summed E-state index contributed by atoms with van der Waals surface area (Å²) in [4.78, 5) is 30.6. The molecule has 2 aliphatic rings. The molecule has 1 amide bonds. The molecule has 3 rings (SSSR count). The molecule has 0 atom stereocenters. The summed E-state index contributed by atoms with van der Waals surface area (Å²) in [6.45, 7) is 0.841. The Morgan fingerprint density at radius 1 is 1.18 bits per heavy atom. The van der Waals surface area contributed by atoms with E-state index in [4.69, 9.17) is 4.99 Å². The highest BCUT2D eigenvalue weighted by molar-refractivity contribution is 5.87. The first-order valence-electron chi connectivity index (χ1n) is 8.26. The molecule has 22 heavy (non-hydrogen) atoms. The van der Waals surface area contributed by atoms with E-state index in [2.05, 4.69) is 0 Å². The Kier molecular flexibility index (Phi) is 4.71. The lowest BCUT2D eigenvalue weighted by Gasteiger charge is -2.18. The molecule has 1 aliphatic carbocycles. The molecule has 5 nitrogen and oxygen atoms in total. The van der Waals surface area contributed by atoms with E-state index in [9.17, 15) is 9.59 Å². The van der Waals surface area contributed by atoms with Crippen molar-refractivity contribution in [1.29, 1.82) is 0 Å². The summed E-state index contributed by atoms with van der Waals surface area (Å²) in [6.07, 6.45) is 9.11. The van der Waals surface area contributed by atoms with Crippen molar-refractivity contribution in [3.63, 3.8) is 0 Å². The summed E-state index contributed by atoms with van der Waals surface area (Å²) in [5, 5.41) is 0. The third-order valence-electron chi connectivity index (χ3n) is 4.49. The molecule has 0 aromatic carbocycles. The van der Waals surface area contributed by atoms with E-state index in [1.165, 1.54) is 19.3 Å². The van der Waals surface area contributed by atoms with Crippen LogP contribution in [-0.4, -0.2) is 40.4 Å². The number of carbonyl (C=O) groups excluding carboxylic acids is 2. The molecule has 118 valence electrons. The molecular weight excluding hydrogens is 278 g/mol. The fourth-order valence-corrected chi connectivity index (χ4v) is 3.26. The van der Waals surface area contributed by atoms with Crippen LogP contribution in [0.1, 0.15) is 49.7 Å². The molecule has 2 heterocycles. The summed E-state index contributed by atoms with van der Waals surface area (Å²) in [7, 11) is 0. The van der Waals surface area contributed by atoms with Crippen LogP contribution in [0.2, 0.25) is 0 Å². The second kappa shape index (κ2) is 6.90. The van der Waals surface area contributed by atoms with Gasteiger partial charge in [-0.25, -0.2) is 0 Å². The Labute approximate surface area is 130 Å². The second-order valence-corrected chi connectivity index (χ2v) is 6.16. The largest absolute Gasteiger partial charge is 0.333 e. The van der Waals surface area contributed by atoms with E-state index >= 15 is 0 Å². The maximum Gasteiger partial charge on any atom is 0.251 e. The SMILES string of the molecule is O=C1CCCN1CC(=O)n1ccccc1=NC1CCCCC1. The van der Waals surface area contributed by atoms with E-state index in [0.29, 0.717) is 24.5 Å². The third-order valence-corrected chi connectivity index (χ3v) is 4.49. The Hall–Kier alpha value is -1.91. The second-order valence-electron chi connectivity index (χ2n) is 6.16. The number of hydrogen-bond donors (Lipinski definition) is 0. The Bertz CT molecular complexity index is 614. The monoisotopic (exact) mass is 301 g/mol. The smallest absolute Gasteiger partial charge is 0.251 e. The molecule has 0 unspecified atom stereocenters. The minimum Gasteiger partial charge on any atom is -0.333 e. The molecular formula is C17H23N3O2. The average Bonchev–Trinajstić information content (AvgIpc) is 2.94. The number of amides is 1. The van der Waals surface area contributed by atoms with Crippen molar-refractivity contribution < 1.29 is 9.59 Å². The van der Waals surface area contributed by atoms with Crippen LogP contribution in [0, 0.1) is 0 Å². The first-order valence-corrected chi connectivity index (χ1v) is 8.26. The lowest BCUT2D eigenvalue weighted by molar-refractivity contribution is -0.127. The summed E-state index contributed by atoms with van der Waals surface area (Å²) in [6, 6.07) is 5.96. The summed E-state index contributed by atoms with van der Waals surface area (Å²) in [5.74, 6) is 0.000981. The van der Waals surface area contributed by atoms with Crippen molar-refractivity contribution in [2.45, 2.75) is 51.0 Å². The van der Waals surface area contributed by atoms with Gasteiger partial charge < -0.3 is 4.90 Å². The van der Waals surface area contributed by atoms with Crippen LogP contribution in [0.5, 0.6) is 0 Å². The van der Waals surface area contributed by atoms with Crippen LogP contribution in [0.15, 0.2) is 29.4 Å². The number of pyridine rings is 1. The van der Waals surface area contributed by atoms with Crippen molar-refractivity contribution in [3.8, 4) is 0 Å². The minimum absolute atomic E-state index is 0.0783. The summed E-state index contributed by atoms with van der Waals surface area (Å²) < 4.78 is 1.60. The predicted molar refractivity (Wildman–Crippen MR) is 83.3 cm³/mol. The fraction of sp³-hybridized carbons (Fsp3) is 0.588. The first kappa shape index (κ1) is 15.0. The number of likely N-dealkylation sites (tertiary alicyclic amines) is 1. The van der Waals surface area contributed by atoms with Gasteiger partial charge in [0.2, 0.25) is 5.91 Å². The van der Waals surface area contributed by atoms with Gasteiger partial charge in [-0.3, -0.25) is 19.1 Å². The van der Waals surface area contributed by atoms with Gasteiger partial charge >= 0.3 is 0 Å². The zero-order valence-electron chi connectivity index (χ0n) is 12.9. The van der Waals surface area contributed by atoms with Crippen LogP contribution in [-0.2, 0) is 4.79 Å². The van der Waals surface area contributed by atoms with Gasteiger partial charge in [0.25, 0.3) is 5.91 Å². The molecule has 1 aromatic heterocycles. The lowest BCUT2D eigenvalue weighted by atomic mass is 9.96. The topological polar surface area (TPSA) is 54.7 Å². The number of carbonyl (C=O) groups is 2. The van der Waals surface area contributed by atoms with Gasteiger partial charge in [-0.1, -0.05) is 25.3 Å². The predicted octanol–water partition coefficient (Wildman–Crippen LogP) is 1.98. The third kappa shape index (κ3) is 3.46. The minimum atomic E-state index is -0.0783. The standard InChI is InChI=1S/C17H23N3O2/c21-16-10-6-11-19(16)13-17(22)20-12-5-4-9-15(20)18-14-7-2-1-3-8-14/h4-5,9,12,14H,1-3,6-8,10-11,13H2. The van der Waals surface area contributed by atoms with Crippen LogP contribution in [0.4, 0.5) is 0 Å². The van der Waals surface area contributed by atoms with E-state index in [1.54, 1.807) is 15.7 Å². The Morgan fingerprint density at radius 3 is 2.73 bits per heavy atom. The maximum absolute atomic E-state index is 12.5. The van der Waals surface area contributed by atoms with E-state index in [1.807, 2.05) is 18.2 Å². The van der Waals surface area contributed by atoms with Crippen molar-refractivity contribution in [2.24, 2.45) is 4.99 Å². The van der Waals surface area contributed by atoms with E-state index in [-0.39, 0.29) is 18.4 Å². The highest BCUT2D eigenvalue weighted by Crippen LogP contribution is 2.19. The zero-order chi connectivity index (χ0) is 15.4. The Balaban J connectivity index is 1.79. The maximum atomic E-state index is 12.5. The Morgan fingerprint density at radius 2 is 2.00 bits per heavy atom. The van der Waals surface area contributed by atoms with Gasteiger partial charge in [0.05, 0.1) is 6.04 Å². The van der Waals surface area contributed by atoms with Crippen LogP contribution in [0.3, 0.4) is 0 Å². The van der Waals surface area contributed by atoms with Gasteiger partial charge in [-0.2, -0.15) is 0 Å². The molecule has 0 radical (unpaired) electrons. The van der Waals surface area contributed by atoms with Crippen molar-refractivity contribution in [1.82, 2.24) is 9.47 Å². The van der Waals surface area contributed by atoms with Gasteiger partial charge in [0, 0.05) is 19.2 Å². The molecule has 5 heteroatoms. The quantitative estimate of drug-likeness (QED) is 0.857. The summed E-state index contributed by atoms with van der Waals surface area (Å²) >= 11 is 0. The normalized spacial score (nSPS) is 20.6. The fourth-order valence-electron chi connectivity index (χ4n) is 3.26. The molecule has 0 bridgehead atoms. The molecule has 0 spiro atoms. The molecule has 1 saturated carbocycles. The number of aromatic nitrogens is 1. The lowest BCUT2D eigenvalue weighted by Crippen LogP contribution is -2.38. The van der Waals surface area contributed by atoms with E-state index in [0.717, 1.165) is 19.3 Å². The molecule has 1 saturated heterocycles. The van der Waals surface area contributed by atoms with Gasteiger partial charge in [-0.05, 0) is 31.4 Å². The first-order chi connectivity index (χ1) is 10.7. The van der Waals surface area contributed by atoms with Crippen molar-refractivity contribution >= 4 is 11.8 Å². The molecule has 0 N–H and O–H groups in total. The number of hydrogen-bond acceptors (Lipinski definition) is 3. The van der Waals surface area contributed by atoms with Gasteiger partial charge in [0.1, 0.15) is 12.0 Å². The summed E-state index contributed by atoms with van der Waals surface area (Å²) in [5.41, 5.74) is 0.714. The van der Waals surface area contributed by atoms with Crippen molar-refractivity contribution in [2.75, 3.05) is 13.1 Å². The van der Waals surface area contributed by atoms with Crippen molar-refractivity contribution in [3.05, 3.63) is 29.9 Å². The highest BCUT2D eigenvalue weighted by Gasteiger charge is 2.23. The number of nitrogens with zero attached hydrogens (tertiary/aromatic N) is 3. The molecule has 2 fully saturated rings. The van der Waals surface area contributed by atoms with Gasteiger partial charge in [0.15, 0.2) is 0 Å². The van der Waals surface area contributed by atoms with E-state index < -0.39 is 0 Å². The van der Waals surface area contributed by atoms with Crippen LogP contribution >= 0.6 is 0 Å².